The van der Waals surface area contributed by atoms with Crippen molar-refractivity contribution in [2.24, 2.45) is 0 Å². The van der Waals surface area contributed by atoms with E-state index in [1.54, 1.807) is 0 Å². The first kappa shape index (κ1) is 31.6. The first-order chi connectivity index (χ1) is 26.5. The first-order valence-electron chi connectivity index (χ1n) is 18.6. The number of hydrogen-bond acceptors (Lipinski definition) is 2. The SMILES string of the molecule is Cc1c(-c2ccccc2)ccc2occ(-n3c4ccccc4c4cc5sc6c7ccccc7n([PH](C)(c7ccccc7)c7ccccc7)c6c5c(C)c43)c12. The van der Waals surface area contributed by atoms with Crippen LogP contribution in [0.1, 0.15) is 11.1 Å². The molecule has 0 atom stereocenters. The van der Waals surface area contributed by atoms with Gasteiger partial charge in [-0.05, 0) is 0 Å². The molecular weight excluding hydrogens is 696 g/mol. The molecule has 7 aromatic carbocycles. The third kappa shape index (κ3) is 4.27. The van der Waals surface area contributed by atoms with Crippen LogP contribution in [0.2, 0.25) is 0 Å². The summed E-state index contributed by atoms with van der Waals surface area (Å²) in [6.07, 6.45) is 1.97. The third-order valence-electron chi connectivity index (χ3n) is 11.9. The molecular formula is C49H37N2OPS. The fourth-order valence-corrected chi connectivity index (χ4v) is 14.6. The summed E-state index contributed by atoms with van der Waals surface area (Å²) in [5.41, 5.74) is 12.0. The molecule has 0 fully saturated rings. The van der Waals surface area contributed by atoms with E-state index >= 15 is 0 Å². The van der Waals surface area contributed by atoms with Gasteiger partial charge in [-0.25, -0.2) is 0 Å². The van der Waals surface area contributed by atoms with Gasteiger partial charge in [0.05, 0.1) is 0 Å². The van der Waals surface area contributed by atoms with Gasteiger partial charge >= 0.3 is 301 Å². The number of aromatic nitrogens is 2. The Morgan fingerprint density at radius 3 is 1.87 bits per heavy atom. The molecule has 0 saturated carbocycles. The molecule has 0 aliphatic carbocycles. The molecule has 11 aromatic rings. The summed E-state index contributed by atoms with van der Waals surface area (Å²) in [7, 11) is -2.61. The van der Waals surface area contributed by atoms with Gasteiger partial charge in [0.25, 0.3) is 0 Å². The number of hydrogen-bond donors (Lipinski definition) is 0. The van der Waals surface area contributed by atoms with Gasteiger partial charge in [-0.3, -0.25) is 0 Å². The molecule has 0 radical (unpaired) electrons. The molecule has 3 nitrogen and oxygen atoms in total. The number of thiophene rings is 1. The predicted molar refractivity (Wildman–Crippen MR) is 236 cm³/mol. The Balaban J connectivity index is 1.30. The Hall–Kier alpha value is -5.93. The number of furan rings is 1. The summed E-state index contributed by atoms with van der Waals surface area (Å²) < 4.78 is 14.3. The van der Waals surface area contributed by atoms with Crippen molar-refractivity contribution in [3.05, 3.63) is 175 Å². The van der Waals surface area contributed by atoms with Gasteiger partial charge in [0, 0.05) is 0 Å². The standard InChI is InChI=1S/C49H37N2OPS/c1-31-36(33-17-7-4-8-18-33)27-28-43-45(31)42(30-52-43)50-40-25-15-13-23-37(40)39-29-44-46(32(2)47(39)50)48-49(54-44)38-24-14-16-26-41(38)51(48)53(3,34-19-9-5-10-20-34)35-21-11-6-12-22-35/h4-30,53H,1-3H3. The van der Waals surface area contributed by atoms with Crippen LogP contribution in [0.5, 0.6) is 0 Å². The van der Waals surface area contributed by atoms with Crippen LogP contribution >= 0.6 is 18.7 Å². The molecule has 11 rings (SSSR count). The van der Waals surface area contributed by atoms with Gasteiger partial charge in [0.2, 0.25) is 0 Å². The van der Waals surface area contributed by atoms with Crippen LogP contribution in [-0.2, 0) is 0 Å². The zero-order valence-electron chi connectivity index (χ0n) is 30.3. The van der Waals surface area contributed by atoms with Crippen molar-refractivity contribution in [2.45, 2.75) is 13.8 Å². The Kier molecular flexibility index (Phi) is 6.89. The van der Waals surface area contributed by atoms with Gasteiger partial charge in [-0.15, -0.1) is 0 Å². The van der Waals surface area contributed by atoms with E-state index in [2.05, 4.69) is 187 Å². The van der Waals surface area contributed by atoms with Crippen LogP contribution in [0, 0.1) is 13.8 Å². The van der Waals surface area contributed by atoms with Crippen molar-refractivity contribution in [1.29, 1.82) is 0 Å². The van der Waals surface area contributed by atoms with Gasteiger partial charge in [0.15, 0.2) is 0 Å². The molecule has 0 N–H and O–H groups in total. The van der Waals surface area contributed by atoms with Crippen LogP contribution in [0.15, 0.2) is 168 Å². The number of benzene rings is 7. The number of nitrogens with zero attached hydrogens (tertiary/aromatic N) is 2. The second-order valence-corrected chi connectivity index (χ2v) is 19.5. The summed E-state index contributed by atoms with van der Waals surface area (Å²) in [6, 6.07) is 57.8. The minimum absolute atomic E-state index is 0.900. The van der Waals surface area contributed by atoms with E-state index in [-0.39, 0.29) is 0 Å². The second kappa shape index (κ2) is 11.8. The van der Waals surface area contributed by atoms with E-state index in [1.165, 1.54) is 85.9 Å². The molecule has 4 aromatic heterocycles. The van der Waals surface area contributed by atoms with Gasteiger partial charge < -0.3 is 0 Å². The molecule has 4 heterocycles. The molecule has 0 spiro atoms. The van der Waals surface area contributed by atoms with Crippen molar-refractivity contribution in [2.75, 3.05) is 6.66 Å². The molecule has 54 heavy (non-hydrogen) atoms. The van der Waals surface area contributed by atoms with E-state index in [0.29, 0.717) is 0 Å². The Morgan fingerprint density at radius 1 is 0.556 bits per heavy atom. The normalized spacial score (nSPS) is 12.6. The van der Waals surface area contributed by atoms with E-state index in [1.807, 2.05) is 17.6 Å². The van der Waals surface area contributed by atoms with Crippen LogP contribution in [0.25, 0.3) is 80.8 Å². The average molecular weight is 733 g/mol. The summed E-state index contributed by atoms with van der Waals surface area (Å²) in [5.74, 6) is 0. The van der Waals surface area contributed by atoms with Crippen molar-refractivity contribution >= 4 is 93.3 Å². The summed E-state index contributed by atoms with van der Waals surface area (Å²) in [5, 5.41) is 9.11. The topological polar surface area (TPSA) is 23.0 Å². The van der Waals surface area contributed by atoms with E-state index in [0.717, 1.165) is 16.7 Å². The summed E-state index contributed by atoms with van der Waals surface area (Å²) in [4.78, 5) is 0. The fraction of sp³-hybridized carbons (Fsp3) is 0.0612. The third-order valence-corrected chi connectivity index (χ3v) is 17.3. The quantitative estimate of drug-likeness (QED) is 0.162. The monoisotopic (exact) mass is 732 g/mol. The maximum atomic E-state index is 6.41. The van der Waals surface area contributed by atoms with Crippen LogP contribution in [0.3, 0.4) is 0 Å². The van der Waals surface area contributed by atoms with Gasteiger partial charge in [-0.2, -0.15) is 0 Å². The average Bonchev–Trinajstić information content (AvgIpc) is 3.98. The summed E-state index contributed by atoms with van der Waals surface area (Å²) >= 11 is 1.94. The van der Waals surface area contributed by atoms with Crippen LogP contribution in [0.4, 0.5) is 0 Å². The maximum absolute atomic E-state index is 6.41. The molecule has 0 aliphatic heterocycles. The van der Waals surface area contributed by atoms with E-state index in [4.69, 9.17) is 4.42 Å². The van der Waals surface area contributed by atoms with Crippen LogP contribution < -0.4 is 10.6 Å². The molecule has 260 valence electrons. The molecule has 0 aliphatic rings. The predicted octanol–water partition coefficient (Wildman–Crippen LogP) is 12.9. The van der Waals surface area contributed by atoms with E-state index < -0.39 is 7.41 Å². The number of para-hydroxylation sites is 2. The number of aryl methyl sites for hydroxylation is 2. The molecule has 0 amide bonds. The van der Waals surface area contributed by atoms with Crippen molar-refractivity contribution in [3.63, 3.8) is 0 Å². The first-order valence-corrected chi connectivity index (χ1v) is 21.9. The van der Waals surface area contributed by atoms with E-state index in [9.17, 15) is 0 Å². The molecule has 0 bridgehead atoms. The number of rotatable bonds is 5. The second-order valence-electron chi connectivity index (χ2n) is 14.7. The molecule has 0 unspecified atom stereocenters. The fourth-order valence-electron chi connectivity index (χ4n) is 9.35. The summed E-state index contributed by atoms with van der Waals surface area (Å²) in [6.45, 7) is 7.12. The van der Waals surface area contributed by atoms with Gasteiger partial charge in [-0.1, -0.05) is 18.2 Å². The van der Waals surface area contributed by atoms with Crippen LogP contribution in [-0.4, -0.2) is 15.6 Å². The Bertz CT molecular complexity index is 3200. The van der Waals surface area contributed by atoms with Gasteiger partial charge in [0.1, 0.15) is 0 Å². The zero-order valence-corrected chi connectivity index (χ0v) is 32.1. The minimum atomic E-state index is -2.61. The molecule has 0 saturated heterocycles. The number of fused-ring (bicyclic) bond motifs is 9. The Labute approximate surface area is 317 Å². The van der Waals surface area contributed by atoms with Crippen molar-refractivity contribution < 1.29 is 4.42 Å². The van der Waals surface area contributed by atoms with Crippen molar-refractivity contribution in [3.8, 4) is 16.8 Å². The van der Waals surface area contributed by atoms with Crippen molar-refractivity contribution in [1.82, 2.24) is 8.90 Å². The zero-order chi connectivity index (χ0) is 36.1. The molecule has 5 heteroatoms. The Morgan fingerprint density at radius 2 is 1.17 bits per heavy atom.